The van der Waals surface area contributed by atoms with Gasteiger partial charge in [-0.2, -0.15) is 0 Å². The van der Waals surface area contributed by atoms with Crippen LogP contribution in [0.15, 0.2) is 114 Å². The zero-order chi connectivity index (χ0) is 25.3. The van der Waals surface area contributed by atoms with Gasteiger partial charge in [-0.1, -0.05) is 109 Å². The Hall–Kier alpha value is -1.74. The second-order valence-electron chi connectivity index (χ2n) is 8.15. The zero-order valence-corrected chi connectivity index (χ0v) is 24.4. The van der Waals surface area contributed by atoms with E-state index in [1.165, 1.54) is 0 Å². The predicted octanol–water partition coefficient (Wildman–Crippen LogP) is 8.82. The molecule has 0 radical (unpaired) electrons. The summed E-state index contributed by atoms with van der Waals surface area (Å²) in [6.07, 6.45) is 0.360. The number of aliphatic hydroxyl groups is 1. The van der Waals surface area contributed by atoms with Crippen LogP contribution in [0.5, 0.6) is 0 Å². The molecule has 4 aromatic rings. The molecule has 0 bridgehead atoms. The molecule has 0 spiro atoms. The fraction of sp³-hybridized carbons (Fsp3) is 0.138. The number of benzene rings is 4. The molecule has 0 aliphatic carbocycles. The van der Waals surface area contributed by atoms with Crippen LogP contribution in [0.2, 0.25) is 0 Å². The number of hydrogen-bond acceptors (Lipinski definition) is 2. The maximum absolute atomic E-state index is 12.1. The van der Waals surface area contributed by atoms with Gasteiger partial charge in [-0.3, -0.25) is 4.99 Å². The van der Waals surface area contributed by atoms with Crippen molar-refractivity contribution in [2.75, 3.05) is 0 Å². The monoisotopic (exact) mass is 600 g/mol. The molecule has 0 saturated carbocycles. The summed E-state index contributed by atoms with van der Waals surface area (Å²) in [5, 5.41) is 12.1. The van der Waals surface area contributed by atoms with Crippen LogP contribution >= 0.6 is 25.5 Å². The molecule has 0 unspecified atom stereocenters. The third-order valence-electron chi connectivity index (χ3n) is 5.72. The third-order valence-corrected chi connectivity index (χ3v) is 5.72. The molecule has 0 heterocycles. The van der Waals surface area contributed by atoms with E-state index in [1.807, 2.05) is 78.9 Å². The second kappa shape index (κ2) is 13.5. The van der Waals surface area contributed by atoms with Crippen molar-refractivity contribution < 1.29 is 23.3 Å². The summed E-state index contributed by atoms with van der Waals surface area (Å²) < 4.78 is 0. The maximum atomic E-state index is 12.1. The van der Waals surface area contributed by atoms with Gasteiger partial charge in [0.1, 0.15) is 5.60 Å². The van der Waals surface area contributed by atoms with Crippen molar-refractivity contribution in [1.82, 2.24) is 0 Å². The average Bonchev–Trinajstić information content (AvgIpc) is 2.87. The summed E-state index contributed by atoms with van der Waals surface area (Å²) in [5.74, 6) is 0. The van der Waals surface area contributed by atoms with E-state index in [4.69, 9.17) is 30.5 Å². The molecular weight excluding hydrogens is 576 g/mol. The fourth-order valence-corrected chi connectivity index (χ4v) is 3.99. The molecule has 4 aromatic carbocycles. The molecule has 0 aliphatic heterocycles. The van der Waals surface area contributed by atoms with Crippen LogP contribution in [0.25, 0.3) is 0 Å². The van der Waals surface area contributed by atoms with Crippen LogP contribution in [0.4, 0.5) is 5.69 Å². The van der Waals surface area contributed by atoms with Crippen molar-refractivity contribution in [1.29, 1.82) is 0 Å². The molecule has 2 nitrogen and oxygen atoms in total. The van der Waals surface area contributed by atoms with Crippen LogP contribution in [0.3, 0.4) is 0 Å². The first-order valence-electron chi connectivity index (χ1n) is 11.2. The van der Waals surface area contributed by atoms with E-state index >= 15 is 0 Å². The van der Waals surface area contributed by atoms with Crippen molar-refractivity contribution >= 4 is 36.9 Å². The Kier molecular flexibility index (Phi) is 10.8. The standard InChI is InChI=1S/C29H27NO.3ClH.Zr/c1-22-13-12-14-23(2)28(22)30-27(24-15-6-3-7-16-24)21-29(31,25-17-8-4-9-18-25)26-19-10-5-11-20-26;;;;/h3-20,31H,21H2,1-2H3;3*1H;/q;;;;+3/p-3. The summed E-state index contributed by atoms with van der Waals surface area (Å²) >= 11 is -2.13. The molecule has 0 fully saturated rings. The number of aliphatic imine (C=N–C) groups is 1. The van der Waals surface area contributed by atoms with Crippen LogP contribution in [-0.2, 0) is 23.8 Å². The number of aryl methyl sites for hydroxylation is 2. The molecule has 0 aromatic heterocycles. The first kappa shape index (κ1) is 27.8. The Morgan fingerprint density at radius 3 is 1.51 bits per heavy atom. The van der Waals surface area contributed by atoms with Gasteiger partial charge in [0.2, 0.25) is 0 Å². The summed E-state index contributed by atoms with van der Waals surface area (Å²) in [4.78, 5) is 5.12. The van der Waals surface area contributed by atoms with Gasteiger partial charge in [-0.25, -0.2) is 0 Å². The summed E-state index contributed by atoms with van der Waals surface area (Å²) in [7, 11) is 15.0. The first-order chi connectivity index (χ1) is 16.8. The minimum atomic E-state index is -2.13. The Balaban J connectivity index is 0.000000795. The van der Waals surface area contributed by atoms with Gasteiger partial charge < -0.3 is 5.11 Å². The topological polar surface area (TPSA) is 32.6 Å². The first-order valence-corrected chi connectivity index (χ1v) is 20.7. The summed E-state index contributed by atoms with van der Waals surface area (Å²) in [6, 6.07) is 36.1. The van der Waals surface area contributed by atoms with Crippen molar-refractivity contribution in [2.24, 2.45) is 4.99 Å². The van der Waals surface area contributed by atoms with Gasteiger partial charge in [0.05, 0.1) is 11.4 Å². The molecule has 1 N–H and O–H groups in total. The quantitative estimate of drug-likeness (QED) is 0.220. The van der Waals surface area contributed by atoms with Crippen LogP contribution < -0.4 is 0 Å². The number of halogens is 3. The van der Waals surface area contributed by atoms with E-state index in [1.54, 1.807) is 0 Å². The SMILES string of the molecule is Cc1cccc(C)c1N=C(CC(O)(c1ccccc1)c1ccccc1)c1ccccc1.[Cl][Zr]([Cl])[Cl]. The van der Waals surface area contributed by atoms with E-state index in [0.29, 0.717) is 6.42 Å². The molecule has 4 rings (SSSR count). The van der Waals surface area contributed by atoms with Crippen molar-refractivity contribution in [3.8, 4) is 0 Å². The van der Waals surface area contributed by atoms with Crippen LogP contribution in [0.1, 0.15) is 34.2 Å². The zero-order valence-electron chi connectivity index (χ0n) is 19.6. The predicted molar refractivity (Wildman–Crippen MR) is 147 cm³/mol. The second-order valence-corrected chi connectivity index (χ2v) is 19.3. The molecule has 179 valence electrons. The summed E-state index contributed by atoms with van der Waals surface area (Å²) in [5.41, 5.74) is 5.58. The van der Waals surface area contributed by atoms with E-state index in [0.717, 1.165) is 39.2 Å². The number of para-hydroxylation sites is 1. The fourth-order valence-electron chi connectivity index (χ4n) is 3.99. The molecule has 0 saturated heterocycles. The minimum absolute atomic E-state index is 0.360. The van der Waals surface area contributed by atoms with E-state index < -0.39 is 23.8 Å². The molecular formula is C29H27Cl3NOZr. The van der Waals surface area contributed by atoms with Crippen LogP contribution in [0, 0.1) is 13.8 Å². The van der Waals surface area contributed by atoms with E-state index in [2.05, 4.69) is 44.2 Å². The van der Waals surface area contributed by atoms with Crippen molar-refractivity contribution in [3.05, 3.63) is 137 Å². The van der Waals surface area contributed by atoms with E-state index in [9.17, 15) is 5.11 Å². The van der Waals surface area contributed by atoms with Gasteiger partial charge in [-0.05, 0) is 41.7 Å². The van der Waals surface area contributed by atoms with Crippen molar-refractivity contribution in [3.63, 3.8) is 0 Å². The van der Waals surface area contributed by atoms with Gasteiger partial charge in [0, 0.05) is 6.42 Å². The Morgan fingerprint density at radius 2 is 1.09 bits per heavy atom. The Labute approximate surface area is 226 Å². The Morgan fingerprint density at radius 1 is 0.686 bits per heavy atom. The molecule has 0 amide bonds. The number of nitrogens with zero attached hydrogens (tertiary/aromatic N) is 1. The molecule has 0 atom stereocenters. The summed E-state index contributed by atoms with van der Waals surface area (Å²) in [6.45, 7) is 4.16. The van der Waals surface area contributed by atoms with Gasteiger partial charge in [-0.15, -0.1) is 0 Å². The average molecular weight is 603 g/mol. The molecule has 0 aliphatic rings. The normalized spacial score (nSPS) is 11.4. The van der Waals surface area contributed by atoms with Crippen molar-refractivity contribution in [2.45, 2.75) is 25.9 Å². The van der Waals surface area contributed by atoms with Gasteiger partial charge in [0.25, 0.3) is 0 Å². The molecule has 35 heavy (non-hydrogen) atoms. The van der Waals surface area contributed by atoms with Crippen LogP contribution in [-0.4, -0.2) is 10.8 Å². The molecule has 6 heteroatoms. The van der Waals surface area contributed by atoms with Gasteiger partial charge in [0.15, 0.2) is 0 Å². The third kappa shape index (κ3) is 7.87. The number of rotatable bonds is 6. The van der Waals surface area contributed by atoms with Gasteiger partial charge >= 0.3 is 43.7 Å². The number of hydrogen-bond donors (Lipinski definition) is 1. The van der Waals surface area contributed by atoms with E-state index in [-0.39, 0.29) is 0 Å². The Bertz CT molecular complexity index is 1170.